The summed E-state index contributed by atoms with van der Waals surface area (Å²) in [6.07, 6.45) is 10.0. The fourth-order valence-electron chi connectivity index (χ4n) is 7.67. The molecule has 0 spiro atoms. The Balaban J connectivity index is 0.000000196. The van der Waals surface area contributed by atoms with Crippen molar-refractivity contribution < 1.29 is 19.4 Å². The molecule has 4 saturated carbocycles. The van der Waals surface area contributed by atoms with Crippen molar-refractivity contribution in [3.05, 3.63) is 30.3 Å². The van der Waals surface area contributed by atoms with E-state index in [0.29, 0.717) is 22.9 Å². The van der Waals surface area contributed by atoms with Crippen molar-refractivity contribution in [1.82, 2.24) is 0 Å². The van der Waals surface area contributed by atoms with Gasteiger partial charge in [-0.3, -0.25) is 9.59 Å². The number of para-hydroxylation sites is 1. The SMILES string of the molecule is CC(=O)Oc1ccccc1.C[C@]12CCC(=O)C[C@@H]1CC[C@@H]1[C@@H]2CC[C@]2(C)[C@@H](O)CC[C@@H]12. The molecular formula is C27H38O4. The molecule has 1 N–H and O–H groups in total. The van der Waals surface area contributed by atoms with Crippen molar-refractivity contribution >= 4 is 11.8 Å². The average Bonchev–Trinajstić information content (AvgIpc) is 3.04. The van der Waals surface area contributed by atoms with Gasteiger partial charge in [-0.15, -0.1) is 0 Å². The number of ether oxygens (including phenoxy) is 1. The van der Waals surface area contributed by atoms with Gasteiger partial charge in [0.15, 0.2) is 0 Å². The number of ketones is 1. The molecule has 0 amide bonds. The lowest BCUT2D eigenvalue weighted by Crippen LogP contribution is -2.54. The van der Waals surface area contributed by atoms with Gasteiger partial charge < -0.3 is 9.84 Å². The van der Waals surface area contributed by atoms with Crippen LogP contribution in [0.1, 0.15) is 78.6 Å². The summed E-state index contributed by atoms with van der Waals surface area (Å²) in [6, 6.07) is 8.98. The van der Waals surface area contributed by atoms with Crippen molar-refractivity contribution in [3.63, 3.8) is 0 Å². The van der Waals surface area contributed by atoms with E-state index in [1.807, 2.05) is 18.2 Å². The minimum absolute atomic E-state index is 0.0677. The Morgan fingerprint density at radius 2 is 1.68 bits per heavy atom. The summed E-state index contributed by atoms with van der Waals surface area (Å²) in [4.78, 5) is 22.3. The summed E-state index contributed by atoms with van der Waals surface area (Å²) in [7, 11) is 0. The third-order valence-corrected chi connectivity index (χ3v) is 9.44. The van der Waals surface area contributed by atoms with E-state index in [9.17, 15) is 14.7 Å². The topological polar surface area (TPSA) is 63.6 Å². The third kappa shape index (κ3) is 4.20. The smallest absolute Gasteiger partial charge is 0.308 e. The molecule has 0 aromatic heterocycles. The molecular weight excluding hydrogens is 388 g/mol. The number of benzene rings is 1. The number of aliphatic hydroxyl groups is 1. The van der Waals surface area contributed by atoms with Gasteiger partial charge in [0.25, 0.3) is 0 Å². The monoisotopic (exact) mass is 426 g/mol. The Morgan fingerprint density at radius 1 is 0.968 bits per heavy atom. The Labute approximate surface area is 186 Å². The van der Waals surface area contributed by atoms with E-state index in [1.54, 1.807) is 12.1 Å². The van der Waals surface area contributed by atoms with Gasteiger partial charge >= 0.3 is 5.97 Å². The van der Waals surface area contributed by atoms with Crippen LogP contribution in [0.2, 0.25) is 0 Å². The number of Topliss-reactive ketones (excluding diaryl/α,β-unsaturated/α-hetero) is 1. The van der Waals surface area contributed by atoms with Crippen LogP contribution in [0.25, 0.3) is 0 Å². The van der Waals surface area contributed by atoms with Gasteiger partial charge in [-0.1, -0.05) is 32.0 Å². The van der Waals surface area contributed by atoms with Crippen LogP contribution in [-0.2, 0) is 9.59 Å². The van der Waals surface area contributed by atoms with E-state index in [1.165, 1.54) is 39.0 Å². The summed E-state index contributed by atoms with van der Waals surface area (Å²) >= 11 is 0. The number of hydrogen-bond acceptors (Lipinski definition) is 4. The molecule has 1 aromatic carbocycles. The van der Waals surface area contributed by atoms with Crippen LogP contribution in [0.4, 0.5) is 0 Å². The molecule has 4 fully saturated rings. The third-order valence-electron chi connectivity index (χ3n) is 9.44. The lowest BCUT2D eigenvalue weighted by atomic mass is 9.45. The van der Waals surface area contributed by atoms with Gasteiger partial charge in [-0.2, -0.15) is 0 Å². The second-order valence-corrected chi connectivity index (χ2v) is 10.9. The lowest BCUT2D eigenvalue weighted by molar-refractivity contribution is -0.142. The maximum absolute atomic E-state index is 11.9. The van der Waals surface area contributed by atoms with Crippen LogP contribution in [-0.4, -0.2) is 23.0 Å². The minimum Gasteiger partial charge on any atom is -0.427 e. The highest BCUT2D eigenvalue weighted by molar-refractivity contribution is 5.79. The lowest BCUT2D eigenvalue weighted by Gasteiger charge is -2.60. The van der Waals surface area contributed by atoms with E-state index >= 15 is 0 Å². The number of carbonyl (C=O) groups is 2. The number of carbonyl (C=O) groups excluding carboxylic acids is 2. The number of rotatable bonds is 1. The molecule has 0 bridgehead atoms. The first-order chi connectivity index (χ1) is 14.7. The molecule has 4 aliphatic carbocycles. The zero-order valence-electron chi connectivity index (χ0n) is 19.3. The quantitative estimate of drug-likeness (QED) is 0.471. The number of fused-ring (bicyclic) bond motifs is 5. The van der Waals surface area contributed by atoms with Crippen molar-refractivity contribution in [3.8, 4) is 5.75 Å². The maximum atomic E-state index is 11.9. The van der Waals surface area contributed by atoms with Gasteiger partial charge in [-0.25, -0.2) is 0 Å². The van der Waals surface area contributed by atoms with Gasteiger partial charge in [0, 0.05) is 19.8 Å². The number of hydrogen-bond donors (Lipinski definition) is 1. The van der Waals surface area contributed by atoms with E-state index in [2.05, 4.69) is 13.8 Å². The average molecular weight is 427 g/mol. The second-order valence-electron chi connectivity index (χ2n) is 10.9. The largest absolute Gasteiger partial charge is 0.427 e. The van der Waals surface area contributed by atoms with E-state index in [0.717, 1.165) is 43.4 Å². The number of esters is 1. The first-order valence-electron chi connectivity index (χ1n) is 12.2. The summed E-state index contributed by atoms with van der Waals surface area (Å²) in [6.45, 7) is 6.23. The predicted molar refractivity (Wildman–Crippen MR) is 120 cm³/mol. The highest BCUT2D eigenvalue weighted by Crippen LogP contribution is 2.65. The Morgan fingerprint density at radius 3 is 2.39 bits per heavy atom. The highest BCUT2D eigenvalue weighted by atomic mass is 16.5. The van der Waals surface area contributed by atoms with Crippen LogP contribution in [0.3, 0.4) is 0 Å². The molecule has 0 aliphatic heterocycles. The summed E-state index contributed by atoms with van der Waals surface area (Å²) < 4.78 is 4.78. The zero-order chi connectivity index (χ0) is 22.2. The molecule has 4 aliphatic rings. The Kier molecular flexibility index (Phi) is 6.31. The minimum atomic E-state index is -0.286. The Bertz CT molecular complexity index is 805. The molecule has 0 saturated heterocycles. The molecule has 31 heavy (non-hydrogen) atoms. The van der Waals surface area contributed by atoms with Crippen LogP contribution in [0.5, 0.6) is 5.75 Å². The predicted octanol–water partition coefficient (Wildman–Crippen LogP) is 5.57. The molecule has 170 valence electrons. The van der Waals surface area contributed by atoms with E-state index in [-0.39, 0.29) is 17.5 Å². The van der Waals surface area contributed by atoms with Crippen LogP contribution in [0.15, 0.2) is 30.3 Å². The fraction of sp³-hybridized carbons (Fsp3) is 0.704. The first-order valence-corrected chi connectivity index (χ1v) is 12.2. The zero-order valence-corrected chi connectivity index (χ0v) is 19.3. The van der Waals surface area contributed by atoms with E-state index < -0.39 is 0 Å². The standard InChI is InChI=1S/C19H30O2.C8H8O2/c1-18-9-7-13(20)11-12(18)3-4-14-15-5-6-17(21)19(15,2)10-8-16(14)18;1-7(9)10-8-5-3-2-4-6-8/h12,14-17,21H,3-11H2,1-2H3;2-6H,1H3/t12-,14-,15-,16-,17-,18-,19-;/m0./s1. The summed E-state index contributed by atoms with van der Waals surface area (Å²) in [5.41, 5.74) is 0.598. The van der Waals surface area contributed by atoms with Crippen molar-refractivity contribution in [2.75, 3.05) is 0 Å². The van der Waals surface area contributed by atoms with Crippen molar-refractivity contribution in [2.24, 2.45) is 34.5 Å². The first kappa shape index (κ1) is 22.5. The van der Waals surface area contributed by atoms with Gasteiger partial charge in [0.2, 0.25) is 0 Å². The molecule has 0 heterocycles. The highest BCUT2D eigenvalue weighted by Gasteiger charge is 2.59. The van der Waals surface area contributed by atoms with Gasteiger partial charge in [0.1, 0.15) is 11.5 Å². The normalized spacial score (nSPS) is 41.2. The molecule has 1 aromatic rings. The van der Waals surface area contributed by atoms with Crippen LogP contribution in [0, 0.1) is 34.5 Å². The molecule has 4 nitrogen and oxygen atoms in total. The van der Waals surface area contributed by atoms with Crippen molar-refractivity contribution in [2.45, 2.75) is 84.7 Å². The van der Waals surface area contributed by atoms with Gasteiger partial charge in [-0.05, 0) is 91.6 Å². The molecule has 0 radical (unpaired) electrons. The number of aliphatic hydroxyl groups excluding tert-OH is 1. The van der Waals surface area contributed by atoms with Crippen LogP contribution < -0.4 is 4.74 Å². The second kappa shape index (κ2) is 8.69. The Hall–Kier alpha value is -1.68. The fourth-order valence-corrected chi connectivity index (χ4v) is 7.67. The summed E-state index contributed by atoms with van der Waals surface area (Å²) in [5, 5.41) is 10.5. The summed E-state index contributed by atoms with van der Waals surface area (Å²) in [5.74, 6) is 3.83. The maximum Gasteiger partial charge on any atom is 0.308 e. The molecule has 5 rings (SSSR count). The molecule has 7 atom stereocenters. The molecule has 4 heteroatoms. The molecule has 0 unspecified atom stereocenters. The van der Waals surface area contributed by atoms with Gasteiger partial charge in [0.05, 0.1) is 6.10 Å². The van der Waals surface area contributed by atoms with Crippen LogP contribution >= 0.6 is 0 Å². The van der Waals surface area contributed by atoms with E-state index in [4.69, 9.17) is 4.74 Å². The van der Waals surface area contributed by atoms with Crippen molar-refractivity contribution in [1.29, 1.82) is 0 Å².